The lowest BCUT2D eigenvalue weighted by molar-refractivity contribution is -0.111. The van der Waals surface area contributed by atoms with Crippen LogP contribution < -0.4 is 5.32 Å². The van der Waals surface area contributed by atoms with Crippen LogP contribution in [0.25, 0.3) is 21.9 Å². The predicted molar refractivity (Wildman–Crippen MR) is 102 cm³/mol. The molecule has 0 saturated carbocycles. The number of benzene rings is 1. The van der Waals surface area contributed by atoms with E-state index in [1.54, 1.807) is 6.08 Å². The monoisotopic (exact) mass is 368 g/mol. The van der Waals surface area contributed by atoms with Crippen LogP contribution in [0.4, 0.5) is 5.13 Å². The summed E-state index contributed by atoms with van der Waals surface area (Å²) in [6.45, 7) is 2.03. The van der Waals surface area contributed by atoms with Crippen molar-refractivity contribution in [3.8, 4) is 0 Å². The zero-order valence-corrected chi connectivity index (χ0v) is 14.8. The van der Waals surface area contributed by atoms with Crippen LogP contribution in [0.2, 0.25) is 5.15 Å². The van der Waals surface area contributed by atoms with E-state index in [0.717, 1.165) is 21.4 Å². The van der Waals surface area contributed by atoms with E-state index >= 15 is 0 Å². The third-order valence-electron chi connectivity index (χ3n) is 3.69. The molecule has 3 aromatic heterocycles. The normalized spacial score (nSPS) is 11.6. The maximum atomic E-state index is 12.2. The topological polar surface area (TPSA) is 59.3 Å². The van der Waals surface area contributed by atoms with E-state index in [4.69, 9.17) is 11.6 Å². The summed E-state index contributed by atoms with van der Waals surface area (Å²) in [5.41, 5.74) is 3.43. The number of hydrogen-bond donors (Lipinski definition) is 1. The molecule has 124 valence electrons. The highest BCUT2D eigenvalue weighted by atomic mass is 35.5. The molecular formula is C18H13ClN4OS. The quantitative estimate of drug-likeness (QED) is 0.539. The summed E-state index contributed by atoms with van der Waals surface area (Å²) >= 11 is 7.60. The van der Waals surface area contributed by atoms with Crippen LogP contribution in [0.15, 0.2) is 48.7 Å². The highest BCUT2D eigenvalue weighted by Gasteiger charge is 2.09. The van der Waals surface area contributed by atoms with Crippen molar-refractivity contribution in [2.75, 3.05) is 5.32 Å². The summed E-state index contributed by atoms with van der Waals surface area (Å²) in [5.74, 6) is -0.266. The molecule has 0 aliphatic rings. The molecule has 0 fully saturated rings. The first-order valence-corrected chi connectivity index (χ1v) is 8.78. The molecular weight excluding hydrogens is 356 g/mol. The largest absolute Gasteiger partial charge is 0.299 e. The van der Waals surface area contributed by atoms with E-state index < -0.39 is 0 Å². The number of amides is 1. The minimum Gasteiger partial charge on any atom is -0.299 e. The van der Waals surface area contributed by atoms with Crippen molar-refractivity contribution < 1.29 is 4.79 Å². The van der Waals surface area contributed by atoms with Gasteiger partial charge < -0.3 is 0 Å². The van der Waals surface area contributed by atoms with E-state index in [2.05, 4.69) is 21.4 Å². The van der Waals surface area contributed by atoms with Crippen LogP contribution in [-0.2, 0) is 4.79 Å². The van der Waals surface area contributed by atoms with Crippen molar-refractivity contribution in [3.05, 3.63) is 65.1 Å². The van der Waals surface area contributed by atoms with Crippen LogP contribution in [0, 0.1) is 6.92 Å². The first-order valence-electron chi connectivity index (χ1n) is 7.59. The summed E-state index contributed by atoms with van der Waals surface area (Å²) < 4.78 is 2.87. The molecule has 0 spiro atoms. The van der Waals surface area contributed by atoms with Gasteiger partial charge in [-0.05, 0) is 42.8 Å². The minimum absolute atomic E-state index is 0.266. The van der Waals surface area contributed by atoms with Gasteiger partial charge in [0.1, 0.15) is 5.65 Å². The van der Waals surface area contributed by atoms with Crippen LogP contribution in [0.3, 0.4) is 0 Å². The van der Waals surface area contributed by atoms with E-state index in [9.17, 15) is 4.79 Å². The van der Waals surface area contributed by atoms with Crippen molar-refractivity contribution in [2.24, 2.45) is 0 Å². The smallest absolute Gasteiger partial charge is 0.250 e. The lowest BCUT2D eigenvalue weighted by atomic mass is 10.2. The van der Waals surface area contributed by atoms with Gasteiger partial charge >= 0.3 is 0 Å². The number of pyridine rings is 1. The fraction of sp³-hybridized carbons (Fsp3) is 0.0556. The number of nitrogens with one attached hydrogen (secondary N) is 1. The van der Waals surface area contributed by atoms with Gasteiger partial charge in [-0.3, -0.25) is 14.5 Å². The zero-order chi connectivity index (χ0) is 17.4. The van der Waals surface area contributed by atoms with Gasteiger partial charge in [-0.25, -0.2) is 9.97 Å². The number of nitrogens with zero attached hydrogens (tertiary/aromatic N) is 3. The summed E-state index contributed by atoms with van der Waals surface area (Å²) in [5, 5.41) is 3.71. The zero-order valence-electron chi connectivity index (χ0n) is 13.2. The lowest BCUT2D eigenvalue weighted by Gasteiger charge is -1.97. The predicted octanol–water partition coefficient (Wildman–Crippen LogP) is 4.56. The average molecular weight is 369 g/mol. The Labute approximate surface area is 152 Å². The molecule has 7 heteroatoms. The molecule has 4 rings (SSSR count). The summed E-state index contributed by atoms with van der Waals surface area (Å²) in [4.78, 5) is 20.9. The maximum absolute atomic E-state index is 12.2. The number of hydrogen-bond acceptors (Lipinski definition) is 4. The fourth-order valence-corrected chi connectivity index (χ4v) is 3.73. The van der Waals surface area contributed by atoms with Gasteiger partial charge in [0.2, 0.25) is 5.91 Å². The molecule has 0 saturated heterocycles. The number of aromatic nitrogens is 3. The number of fused-ring (bicyclic) bond motifs is 2. The molecule has 1 N–H and O–H groups in total. The van der Waals surface area contributed by atoms with Gasteiger partial charge in [0, 0.05) is 12.3 Å². The molecule has 5 nitrogen and oxygen atoms in total. The van der Waals surface area contributed by atoms with Gasteiger partial charge in [0.25, 0.3) is 0 Å². The van der Waals surface area contributed by atoms with Crippen molar-refractivity contribution in [1.82, 2.24) is 14.4 Å². The second-order valence-corrected chi connectivity index (χ2v) is 6.92. The number of carbonyl (C=O) groups excluding carboxylic acids is 1. The van der Waals surface area contributed by atoms with E-state index in [-0.39, 0.29) is 5.91 Å². The Hall–Kier alpha value is -2.70. The van der Waals surface area contributed by atoms with Crippen molar-refractivity contribution in [3.63, 3.8) is 0 Å². The number of imidazole rings is 1. The standard InChI is InChI=1S/C18H13ClN4OS/c1-11-5-6-12-14(10-11)25-18(20-12)22-16(24)8-7-13-17(19)21-15-4-2-3-9-23(13)15/h2-10H,1H3,(H,20,22,24). The van der Waals surface area contributed by atoms with Crippen molar-refractivity contribution >= 4 is 55.9 Å². The SMILES string of the molecule is Cc1ccc2nc(NC(=O)C=Cc3c(Cl)nc4ccccn34)sc2c1. The number of rotatable bonds is 3. The lowest BCUT2D eigenvalue weighted by Crippen LogP contribution is -2.07. The van der Waals surface area contributed by atoms with Crippen LogP contribution in [-0.4, -0.2) is 20.3 Å². The molecule has 1 aromatic carbocycles. The molecule has 4 aromatic rings. The fourth-order valence-electron chi connectivity index (χ4n) is 2.52. The molecule has 0 radical (unpaired) electrons. The van der Waals surface area contributed by atoms with Crippen molar-refractivity contribution in [2.45, 2.75) is 6.92 Å². The third-order valence-corrected chi connectivity index (χ3v) is 4.90. The highest BCUT2D eigenvalue weighted by Crippen LogP contribution is 2.26. The Morgan fingerprint density at radius 2 is 2.16 bits per heavy atom. The second-order valence-electron chi connectivity index (χ2n) is 5.53. The van der Waals surface area contributed by atoms with Gasteiger partial charge in [-0.2, -0.15) is 0 Å². The Kier molecular flexibility index (Phi) is 3.99. The molecule has 0 atom stereocenters. The number of carbonyl (C=O) groups is 1. The van der Waals surface area contributed by atoms with Gasteiger partial charge in [-0.15, -0.1) is 0 Å². The molecule has 0 aliphatic heterocycles. The van der Waals surface area contributed by atoms with Gasteiger partial charge in [0.15, 0.2) is 10.3 Å². The molecule has 0 unspecified atom stereocenters. The summed E-state index contributed by atoms with van der Waals surface area (Å²) in [7, 11) is 0. The van der Waals surface area contributed by atoms with E-state index in [1.165, 1.54) is 17.4 Å². The number of thiazole rings is 1. The van der Waals surface area contributed by atoms with E-state index in [1.807, 2.05) is 47.9 Å². The van der Waals surface area contributed by atoms with Gasteiger partial charge in [-0.1, -0.05) is 35.1 Å². The third kappa shape index (κ3) is 3.14. The number of aryl methyl sites for hydroxylation is 1. The number of anilines is 1. The highest BCUT2D eigenvalue weighted by molar-refractivity contribution is 7.22. The summed E-state index contributed by atoms with van der Waals surface area (Å²) in [6.07, 6.45) is 4.93. The molecule has 0 bridgehead atoms. The average Bonchev–Trinajstić information content (AvgIpc) is 3.11. The molecule has 1 amide bonds. The molecule has 25 heavy (non-hydrogen) atoms. The second kappa shape index (κ2) is 6.31. The van der Waals surface area contributed by atoms with Crippen LogP contribution in [0.1, 0.15) is 11.3 Å². The van der Waals surface area contributed by atoms with Gasteiger partial charge in [0.05, 0.1) is 15.9 Å². The Balaban J connectivity index is 1.56. The van der Waals surface area contributed by atoms with Crippen molar-refractivity contribution in [1.29, 1.82) is 0 Å². The Morgan fingerprint density at radius 3 is 3.04 bits per heavy atom. The molecule has 3 heterocycles. The first kappa shape index (κ1) is 15.8. The minimum atomic E-state index is -0.266. The Morgan fingerprint density at radius 1 is 1.28 bits per heavy atom. The van der Waals surface area contributed by atoms with E-state index in [0.29, 0.717) is 16.0 Å². The maximum Gasteiger partial charge on any atom is 0.250 e. The first-order chi connectivity index (χ1) is 12.1. The van der Waals surface area contributed by atoms with Crippen LogP contribution >= 0.6 is 22.9 Å². The van der Waals surface area contributed by atoms with Crippen LogP contribution in [0.5, 0.6) is 0 Å². The Bertz CT molecular complexity index is 1130. The molecule has 0 aliphatic carbocycles. The number of halogens is 1. The summed E-state index contributed by atoms with van der Waals surface area (Å²) in [6, 6.07) is 11.6.